The fourth-order valence-electron chi connectivity index (χ4n) is 2.17. The van der Waals surface area contributed by atoms with Crippen LogP contribution in [0.3, 0.4) is 0 Å². The first kappa shape index (κ1) is 16.7. The first-order chi connectivity index (χ1) is 10.8. The number of phenolic OH excluding ortho intramolecular Hbond substituents is 1. The minimum atomic E-state index is -4.52. The Morgan fingerprint density at radius 1 is 1.35 bits per heavy atom. The lowest BCUT2D eigenvalue weighted by atomic mass is 10.0. The highest BCUT2D eigenvalue weighted by Crippen LogP contribution is 2.38. The second-order valence-corrected chi connectivity index (χ2v) is 4.76. The average molecular weight is 324 g/mol. The smallest absolute Gasteiger partial charge is 0.416 e. The van der Waals surface area contributed by atoms with E-state index in [0.29, 0.717) is 18.3 Å². The van der Waals surface area contributed by atoms with Gasteiger partial charge in [-0.05, 0) is 37.6 Å². The number of rotatable bonds is 3. The molecule has 1 aromatic heterocycles. The monoisotopic (exact) mass is 324 g/mol. The zero-order valence-electron chi connectivity index (χ0n) is 12.6. The maximum Gasteiger partial charge on any atom is 0.416 e. The first-order valence-electron chi connectivity index (χ1n) is 6.76. The van der Waals surface area contributed by atoms with E-state index in [-0.39, 0.29) is 16.7 Å². The normalized spacial score (nSPS) is 12.5. The van der Waals surface area contributed by atoms with Crippen molar-refractivity contribution in [3.8, 4) is 17.0 Å². The summed E-state index contributed by atoms with van der Waals surface area (Å²) in [7, 11) is 0. The van der Waals surface area contributed by atoms with Crippen LogP contribution in [0.1, 0.15) is 18.1 Å². The van der Waals surface area contributed by atoms with Crippen LogP contribution < -0.4 is 5.62 Å². The molecule has 0 fully saturated rings. The molecule has 0 amide bonds. The highest BCUT2D eigenvalue weighted by molar-refractivity contribution is 5.71. The molecular weight excluding hydrogens is 309 g/mol. The molecule has 2 rings (SSSR count). The molecule has 1 heterocycles. The molecule has 0 bridgehead atoms. The molecule has 0 spiro atoms. The van der Waals surface area contributed by atoms with Crippen molar-refractivity contribution in [2.24, 2.45) is 10.1 Å². The molecule has 0 saturated carbocycles. The fourth-order valence-corrected chi connectivity index (χ4v) is 2.17. The van der Waals surface area contributed by atoms with E-state index in [2.05, 4.69) is 21.8 Å². The molecule has 0 aliphatic carbocycles. The van der Waals surface area contributed by atoms with E-state index < -0.39 is 17.5 Å². The third-order valence-corrected chi connectivity index (χ3v) is 3.15. The Morgan fingerprint density at radius 2 is 2.04 bits per heavy atom. The van der Waals surface area contributed by atoms with Gasteiger partial charge in [-0.25, -0.2) is 14.7 Å². The van der Waals surface area contributed by atoms with E-state index in [1.165, 1.54) is 23.9 Å². The number of nitrogens with zero attached hydrogens (tertiary/aromatic N) is 4. The highest BCUT2D eigenvalue weighted by Gasteiger charge is 2.32. The maximum atomic E-state index is 12.8. The van der Waals surface area contributed by atoms with Crippen molar-refractivity contribution in [3.05, 3.63) is 41.1 Å². The summed E-state index contributed by atoms with van der Waals surface area (Å²) in [6.45, 7) is 7.13. The summed E-state index contributed by atoms with van der Waals surface area (Å²) in [5.41, 5.74) is 0.131. The van der Waals surface area contributed by atoms with Gasteiger partial charge in [-0.3, -0.25) is 0 Å². The summed E-state index contributed by atoms with van der Waals surface area (Å²) in [6.07, 6.45) is -3.00. The molecule has 1 aromatic carbocycles. The molecule has 23 heavy (non-hydrogen) atoms. The Labute approximate surface area is 130 Å². The van der Waals surface area contributed by atoms with Gasteiger partial charge in [-0.15, -0.1) is 0 Å². The molecular formula is C15H15F3N4O. The van der Waals surface area contributed by atoms with Crippen molar-refractivity contribution >= 4 is 6.72 Å². The van der Waals surface area contributed by atoms with Gasteiger partial charge >= 0.3 is 6.18 Å². The van der Waals surface area contributed by atoms with Gasteiger partial charge in [0.05, 0.1) is 11.3 Å². The van der Waals surface area contributed by atoms with E-state index in [9.17, 15) is 18.3 Å². The molecule has 0 aliphatic heterocycles. The van der Waals surface area contributed by atoms with Crippen LogP contribution in [-0.4, -0.2) is 28.0 Å². The SMILES string of the molecule is C=Nn1ccc(-c2c(C)cc(C(F)(F)F)cc2O)nc1=NCC. The summed E-state index contributed by atoms with van der Waals surface area (Å²) in [5.74, 6) is -0.489. The van der Waals surface area contributed by atoms with Crippen LogP contribution >= 0.6 is 0 Å². The van der Waals surface area contributed by atoms with E-state index in [1.54, 1.807) is 0 Å². The molecule has 0 aliphatic rings. The van der Waals surface area contributed by atoms with Crippen LogP contribution in [0.25, 0.3) is 11.3 Å². The first-order valence-corrected chi connectivity index (χ1v) is 6.76. The molecule has 0 atom stereocenters. The average Bonchev–Trinajstić information content (AvgIpc) is 2.46. The van der Waals surface area contributed by atoms with Crippen molar-refractivity contribution in [2.45, 2.75) is 20.0 Å². The van der Waals surface area contributed by atoms with Crippen LogP contribution in [0.4, 0.5) is 13.2 Å². The van der Waals surface area contributed by atoms with Gasteiger partial charge in [0, 0.05) is 25.0 Å². The highest BCUT2D eigenvalue weighted by atomic mass is 19.4. The number of aromatic hydroxyl groups is 1. The quantitative estimate of drug-likeness (QED) is 0.882. The minimum absolute atomic E-state index is 0.224. The van der Waals surface area contributed by atoms with Crippen molar-refractivity contribution in [2.75, 3.05) is 6.54 Å². The predicted molar refractivity (Wildman–Crippen MR) is 80.1 cm³/mol. The van der Waals surface area contributed by atoms with Gasteiger partial charge in [0.1, 0.15) is 5.75 Å². The Hall–Kier alpha value is -2.64. The van der Waals surface area contributed by atoms with E-state index in [0.717, 1.165) is 6.07 Å². The van der Waals surface area contributed by atoms with E-state index >= 15 is 0 Å². The lowest BCUT2D eigenvalue weighted by Gasteiger charge is -2.13. The van der Waals surface area contributed by atoms with Gasteiger partial charge in [-0.2, -0.15) is 18.3 Å². The molecule has 1 N–H and O–H groups in total. The summed E-state index contributed by atoms with van der Waals surface area (Å²) in [4.78, 5) is 8.37. The zero-order chi connectivity index (χ0) is 17.2. The Morgan fingerprint density at radius 3 is 2.57 bits per heavy atom. The van der Waals surface area contributed by atoms with Crippen molar-refractivity contribution in [1.29, 1.82) is 0 Å². The van der Waals surface area contributed by atoms with Crippen LogP contribution in [0.2, 0.25) is 0 Å². The van der Waals surface area contributed by atoms with Gasteiger partial charge in [0.15, 0.2) is 0 Å². The molecule has 0 unspecified atom stereocenters. The molecule has 8 heteroatoms. The van der Waals surface area contributed by atoms with E-state index in [1.807, 2.05) is 6.92 Å². The minimum Gasteiger partial charge on any atom is -0.507 e. The number of phenols is 1. The topological polar surface area (TPSA) is 62.8 Å². The van der Waals surface area contributed by atoms with Crippen LogP contribution in [-0.2, 0) is 6.18 Å². The van der Waals surface area contributed by atoms with Crippen molar-refractivity contribution in [1.82, 2.24) is 9.66 Å². The summed E-state index contributed by atoms with van der Waals surface area (Å²) in [6, 6.07) is 3.19. The Bertz CT molecular complexity index is 786. The molecule has 0 radical (unpaired) electrons. The standard InChI is InChI=1S/C15H15F3N4O/c1-4-20-14-21-11(5-6-22(14)19-3)13-9(2)7-10(8-12(13)23)15(16,17)18/h5-8,23H,3-4H2,1-2H3. The van der Waals surface area contributed by atoms with Crippen LogP contribution in [0.15, 0.2) is 34.5 Å². The largest absolute Gasteiger partial charge is 0.507 e. The third kappa shape index (κ3) is 3.41. The fraction of sp³-hybridized carbons (Fsp3) is 0.267. The summed E-state index contributed by atoms with van der Waals surface area (Å²) in [5, 5.41) is 13.7. The van der Waals surface area contributed by atoms with Crippen molar-refractivity contribution < 1.29 is 18.3 Å². The third-order valence-electron chi connectivity index (χ3n) is 3.15. The maximum absolute atomic E-state index is 12.8. The summed E-state index contributed by atoms with van der Waals surface area (Å²) < 4.78 is 39.7. The summed E-state index contributed by atoms with van der Waals surface area (Å²) >= 11 is 0. The number of halogens is 3. The van der Waals surface area contributed by atoms with Crippen LogP contribution in [0.5, 0.6) is 5.75 Å². The lowest BCUT2D eigenvalue weighted by molar-refractivity contribution is -0.137. The van der Waals surface area contributed by atoms with Gasteiger partial charge in [0.25, 0.3) is 0 Å². The number of aryl methyl sites for hydroxylation is 1. The van der Waals surface area contributed by atoms with Crippen molar-refractivity contribution in [3.63, 3.8) is 0 Å². The number of alkyl halides is 3. The number of aromatic nitrogens is 2. The lowest BCUT2D eigenvalue weighted by Crippen LogP contribution is -2.21. The molecule has 2 aromatic rings. The van der Waals surface area contributed by atoms with Gasteiger partial charge in [0.2, 0.25) is 5.62 Å². The van der Waals surface area contributed by atoms with E-state index in [4.69, 9.17) is 0 Å². The second-order valence-electron chi connectivity index (χ2n) is 4.76. The van der Waals surface area contributed by atoms with Gasteiger partial charge < -0.3 is 5.11 Å². The number of benzene rings is 1. The second kappa shape index (κ2) is 6.23. The Balaban J connectivity index is 2.66. The molecule has 5 nitrogen and oxygen atoms in total. The zero-order valence-corrected chi connectivity index (χ0v) is 12.6. The predicted octanol–water partition coefficient (Wildman–Crippen LogP) is 2.97. The number of hydrogen-bond acceptors (Lipinski definition) is 4. The number of hydrogen-bond donors (Lipinski definition) is 1. The molecule has 122 valence electrons. The van der Waals surface area contributed by atoms with Gasteiger partial charge in [-0.1, -0.05) is 0 Å². The van der Waals surface area contributed by atoms with Crippen LogP contribution in [0, 0.1) is 6.92 Å². The Kier molecular flexibility index (Phi) is 4.53. The molecule has 0 saturated heterocycles.